The lowest BCUT2D eigenvalue weighted by molar-refractivity contribution is -0.142. The number of aliphatic carboxylic acids is 1. The number of carboxylic acids is 1. The van der Waals surface area contributed by atoms with E-state index in [0.717, 1.165) is 17.6 Å². The smallest absolute Gasteiger partial charge is 0.416 e. The first-order valence-electron chi connectivity index (χ1n) is 9.00. The summed E-state index contributed by atoms with van der Waals surface area (Å²) in [7, 11) is 0. The molecule has 0 bridgehead atoms. The van der Waals surface area contributed by atoms with E-state index in [1.807, 2.05) is 0 Å². The number of fused-ring (bicyclic) bond motifs is 1. The molecule has 3 aromatic rings. The molecule has 0 aliphatic carbocycles. The van der Waals surface area contributed by atoms with Gasteiger partial charge in [0.15, 0.2) is 0 Å². The number of rotatable bonds is 8. The third kappa shape index (κ3) is 5.57. The van der Waals surface area contributed by atoms with Gasteiger partial charge in [0, 0.05) is 22.7 Å². The van der Waals surface area contributed by atoms with Crippen LogP contribution in [0.25, 0.3) is 10.9 Å². The topological polar surface area (TPSA) is 73.1 Å². The number of ether oxygens (including phenoxy) is 1. The van der Waals surface area contributed by atoms with Crippen molar-refractivity contribution in [2.75, 3.05) is 6.61 Å². The summed E-state index contributed by atoms with van der Waals surface area (Å²) in [6.45, 7) is -0.332. The van der Waals surface area contributed by atoms with E-state index in [9.17, 15) is 18.0 Å². The van der Waals surface area contributed by atoms with E-state index in [1.165, 1.54) is 12.3 Å². The number of carboxylic acid groups (broad SMARTS) is 1. The van der Waals surface area contributed by atoms with Crippen molar-refractivity contribution in [1.29, 1.82) is 0 Å². The van der Waals surface area contributed by atoms with Crippen LogP contribution in [-0.2, 0) is 29.0 Å². The molecule has 1 heterocycles. The summed E-state index contributed by atoms with van der Waals surface area (Å²) in [6.07, 6.45) is 4.06. The molecule has 0 spiro atoms. The van der Waals surface area contributed by atoms with Gasteiger partial charge in [-0.2, -0.15) is 13.2 Å². The molecule has 1 N–H and O–H groups in total. The number of oxime groups is 1. The van der Waals surface area contributed by atoms with Crippen molar-refractivity contribution in [1.82, 2.24) is 4.57 Å². The van der Waals surface area contributed by atoms with E-state index in [4.69, 9.17) is 16.3 Å². The molecule has 0 atom stereocenters. The molecule has 1 aromatic heterocycles. The lowest BCUT2D eigenvalue weighted by Gasteiger charge is -2.10. The van der Waals surface area contributed by atoms with Crippen LogP contribution in [0.4, 0.5) is 13.2 Å². The molecule has 0 radical (unpaired) electrons. The molecule has 31 heavy (non-hydrogen) atoms. The third-order valence-electron chi connectivity index (χ3n) is 4.26. The third-order valence-corrected chi connectivity index (χ3v) is 4.26. The van der Waals surface area contributed by atoms with Gasteiger partial charge >= 0.3 is 12.1 Å². The monoisotopic (exact) mass is 430 g/mol. The largest absolute Gasteiger partial charge is 0.489 e. The summed E-state index contributed by atoms with van der Waals surface area (Å²) in [5.74, 6) is 1.82. The first-order chi connectivity index (χ1) is 14.8. The maximum absolute atomic E-state index is 12.9. The van der Waals surface area contributed by atoms with E-state index in [2.05, 4.69) is 15.9 Å². The highest BCUT2D eigenvalue weighted by molar-refractivity contribution is 6.00. The van der Waals surface area contributed by atoms with Crippen LogP contribution in [-0.4, -0.2) is 28.5 Å². The van der Waals surface area contributed by atoms with Gasteiger partial charge in [-0.25, -0.2) is 4.79 Å². The normalized spacial score (nSPS) is 11.5. The van der Waals surface area contributed by atoms with E-state index >= 15 is 0 Å². The molecule has 0 saturated heterocycles. The Balaban J connectivity index is 1.83. The van der Waals surface area contributed by atoms with Crippen molar-refractivity contribution >= 4 is 23.1 Å². The van der Waals surface area contributed by atoms with E-state index in [1.54, 1.807) is 35.0 Å². The standard InChI is InChI=1S/C22H17F3N2O4/c1-2-8-27-12-16(11-26-31-14-21(28)29)19-10-18(6-7-20(19)27)30-13-15-4-3-5-17(9-15)22(23,24)25/h1,3-7,9-12H,8,13-14H2,(H,28,29). The van der Waals surface area contributed by atoms with Crippen molar-refractivity contribution in [3.8, 4) is 18.1 Å². The van der Waals surface area contributed by atoms with Crippen LogP contribution in [0.15, 0.2) is 53.8 Å². The average molecular weight is 430 g/mol. The van der Waals surface area contributed by atoms with Gasteiger partial charge in [-0.1, -0.05) is 23.2 Å². The summed E-state index contributed by atoms with van der Waals surface area (Å²) in [4.78, 5) is 15.2. The molecule has 9 heteroatoms. The van der Waals surface area contributed by atoms with Crippen LogP contribution in [0.2, 0.25) is 0 Å². The van der Waals surface area contributed by atoms with Gasteiger partial charge in [0.2, 0.25) is 6.61 Å². The predicted octanol–water partition coefficient (Wildman–Crippen LogP) is 4.31. The lowest BCUT2D eigenvalue weighted by atomic mass is 10.1. The minimum atomic E-state index is -4.42. The fraction of sp³-hybridized carbons (Fsp3) is 0.182. The Morgan fingerprint density at radius 3 is 2.77 bits per heavy atom. The molecule has 0 fully saturated rings. The van der Waals surface area contributed by atoms with Crippen molar-refractivity contribution in [3.05, 3.63) is 65.4 Å². The second kappa shape index (κ2) is 9.26. The Labute approximate surface area is 175 Å². The Bertz CT molecular complexity index is 1160. The Morgan fingerprint density at radius 2 is 2.06 bits per heavy atom. The van der Waals surface area contributed by atoms with Gasteiger partial charge in [-0.3, -0.25) is 0 Å². The van der Waals surface area contributed by atoms with Gasteiger partial charge in [0.25, 0.3) is 0 Å². The first-order valence-corrected chi connectivity index (χ1v) is 9.00. The van der Waals surface area contributed by atoms with Crippen LogP contribution in [0.1, 0.15) is 16.7 Å². The van der Waals surface area contributed by atoms with Crippen LogP contribution in [0.5, 0.6) is 5.75 Å². The van der Waals surface area contributed by atoms with Crippen LogP contribution in [0.3, 0.4) is 0 Å². The summed E-state index contributed by atoms with van der Waals surface area (Å²) in [5.41, 5.74) is 1.03. The Kier molecular flexibility index (Phi) is 6.50. The highest BCUT2D eigenvalue weighted by atomic mass is 19.4. The highest BCUT2D eigenvalue weighted by Gasteiger charge is 2.30. The Morgan fingerprint density at radius 1 is 1.26 bits per heavy atom. The molecule has 0 aliphatic heterocycles. The number of alkyl halides is 3. The number of benzene rings is 2. The van der Waals surface area contributed by atoms with E-state index < -0.39 is 24.3 Å². The quantitative estimate of drug-likeness (QED) is 0.328. The van der Waals surface area contributed by atoms with Crippen LogP contribution in [0, 0.1) is 12.3 Å². The number of terminal acetylenes is 1. The van der Waals surface area contributed by atoms with Gasteiger partial charge < -0.3 is 19.2 Å². The number of aromatic nitrogens is 1. The van der Waals surface area contributed by atoms with Gasteiger partial charge in [0.1, 0.15) is 12.4 Å². The summed E-state index contributed by atoms with van der Waals surface area (Å²) >= 11 is 0. The molecule has 3 rings (SSSR count). The van der Waals surface area contributed by atoms with Gasteiger partial charge in [0.05, 0.1) is 18.3 Å². The zero-order valence-electron chi connectivity index (χ0n) is 16.1. The molecule has 0 aliphatic rings. The van der Waals surface area contributed by atoms with Gasteiger partial charge in [-0.05, 0) is 35.9 Å². The van der Waals surface area contributed by atoms with E-state index in [-0.39, 0.29) is 6.61 Å². The predicted molar refractivity (Wildman–Crippen MR) is 108 cm³/mol. The second-order valence-corrected chi connectivity index (χ2v) is 6.48. The number of carbonyl (C=O) groups is 1. The molecule has 6 nitrogen and oxygen atoms in total. The summed E-state index contributed by atoms with van der Waals surface area (Å²) < 4.78 is 46.1. The molecule has 0 amide bonds. The van der Waals surface area contributed by atoms with Crippen molar-refractivity contribution in [2.24, 2.45) is 5.16 Å². The number of hydrogen-bond acceptors (Lipinski definition) is 4. The second-order valence-electron chi connectivity index (χ2n) is 6.48. The zero-order chi connectivity index (χ0) is 22.4. The number of hydrogen-bond donors (Lipinski definition) is 1. The number of halogens is 3. The first kappa shape index (κ1) is 21.8. The fourth-order valence-electron chi connectivity index (χ4n) is 2.92. The maximum atomic E-state index is 12.9. The van der Waals surface area contributed by atoms with Crippen molar-refractivity contribution < 1.29 is 32.6 Å². The van der Waals surface area contributed by atoms with E-state index in [0.29, 0.717) is 28.8 Å². The summed E-state index contributed by atoms with van der Waals surface area (Å²) in [5, 5.41) is 13.0. The van der Waals surface area contributed by atoms with Crippen molar-refractivity contribution in [3.63, 3.8) is 0 Å². The molecular formula is C22H17F3N2O4. The zero-order valence-corrected chi connectivity index (χ0v) is 16.1. The lowest BCUT2D eigenvalue weighted by Crippen LogP contribution is -2.06. The molecule has 160 valence electrons. The molecule has 0 unspecified atom stereocenters. The molecular weight excluding hydrogens is 413 g/mol. The number of nitrogens with zero attached hydrogens (tertiary/aromatic N) is 2. The fourth-order valence-corrected chi connectivity index (χ4v) is 2.92. The van der Waals surface area contributed by atoms with Crippen LogP contribution >= 0.6 is 0 Å². The minimum absolute atomic E-state index is 0.0500. The summed E-state index contributed by atoms with van der Waals surface area (Å²) in [6, 6.07) is 10.1. The van der Waals surface area contributed by atoms with Gasteiger partial charge in [-0.15, -0.1) is 6.42 Å². The highest BCUT2D eigenvalue weighted by Crippen LogP contribution is 2.30. The average Bonchev–Trinajstić information content (AvgIpc) is 3.06. The molecule has 2 aromatic carbocycles. The van der Waals surface area contributed by atoms with Crippen molar-refractivity contribution in [2.45, 2.75) is 19.3 Å². The minimum Gasteiger partial charge on any atom is -0.489 e. The van der Waals surface area contributed by atoms with Crippen LogP contribution < -0.4 is 4.74 Å². The maximum Gasteiger partial charge on any atom is 0.416 e. The molecule has 0 saturated carbocycles. The Hall–Kier alpha value is -3.93. The SMILES string of the molecule is C#CCn1cc(C=NOCC(=O)O)c2cc(OCc3cccc(C(F)(F)F)c3)ccc21.